The van der Waals surface area contributed by atoms with E-state index < -0.39 is 0 Å². The van der Waals surface area contributed by atoms with Gasteiger partial charge in [0.2, 0.25) is 0 Å². The van der Waals surface area contributed by atoms with Crippen molar-refractivity contribution in [3.8, 4) is 0 Å². The van der Waals surface area contributed by atoms with Crippen molar-refractivity contribution >= 4 is 5.97 Å². The van der Waals surface area contributed by atoms with Gasteiger partial charge in [-0.2, -0.15) is 0 Å². The standard InChI is InChI=1S/C17H33NO2/c1-5-18(12-14(3)4)13-16-9-7-15(8-10-16)11-17(19)20-6-2/h14-16H,5-13H2,1-4H3/t15-,16-. The van der Waals surface area contributed by atoms with Crippen LogP contribution in [0.2, 0.25) is 0 Å². The zero-order valence-electron chi connectivity index (χ0n) is 13.9. The summed E-state index contributed by atoms with van der Waals surface area (Å²) < 4.78 is 5.05. The number of nitrogens with zero attached hydrogens (tertiary/aromatic N) is 1. The molecule has 0 saturated heterocycles. The molecule has 0 radical (unpaired) electrons. The summed E-state index contributed by atoms with van der Waals surface area (Å²) >= 11 is 0. The summed E-state index contributed by atoms with van der Waals surface area (Å²) in [4.78, 5) is 14.1. The minimum absolute atomic E-state index is 0.00839. The van der Waals surface area contributed by atoms with E-state index in [1.807, 2.05) is 6.92 Å². The van der Waals surface area contributed by atoms with E-state index in [-0.39, 0.29) is 5.97 Å². The SMILES string of the molecule is CCOC(=O)C[C@H]1CC[C@H](CN(CC)CC(C)C)CC1. The molecule has 0 unspecified atom stereocenters. The number of hydrogen-bond donors (Lipinski definition) is 0. The number of hydrogen-bond acceptors (Lipinski definition) is 3. The molecule has 0 N–H and O–H groups in total. The number of esters is 1. The highest BCUT2D eigenvalue weighted by molar-refractivity contribution is 5.69. The van der Waals surface area contributed by atoms with Crippen LogP contribution in [0.15, 0.2) is 0 Å². The summed E-state index contributed by atoms with van der Waals surface area (Å²) in [6, 6.07) is 0. The maximum atomic E-state index is 11.5. The van der Waals surface area contributed by atoms with E-state index in [4.69, 9.17) is 4.74 Å². The van der Waals surface area contributed by atoms with Gasteiger partial charge in [-0.05, 0) is 56.9 Å². The molecule has 3 nitrogen and oxygen atoms in total. The third kappa shape index (κ3) is 6.74. The number of rotatable bonds is 8. The van der Waals surface area contributed by atoms with Gasteiger partial charge in [0.1, 0.15) is 0 Å². The highest BCUT2D eigenvalue weighted by Gasteiger charge is 2.24. The lowest BCUT2D eigenvalue weighted by atomic mass is 9.80. The summed E-state index contributed by atoms with van der Waals surface area (Å²) in [7, 11) is 0. The Balaban J connectivity index is 2.25. The average molecular weight is 283 g/mol. The molecule has 0 amide bonds. The summed E-state index contributed by atoms with van der Waals surface area (Å²) in [5, 5.41) is 0. The Morgan fingerprint density at radius 1 is 1.15 bits per heavy atom. The lowest BCUT2D eigenvalue weighted by Crippen LogP contribution is -2.34. The predicted octanol–water partition coefficient (Wildman–Crippen LogP) is 3.72. The normalized spacial score (nSPS) is 23.3. The molecule has 1 saturated carbocycles. The molecule has 1 aliphatic rings. The molecule has 0 bridgehead atoms. The van der Waals surface area contributed by atoms with E-state index in [0.717, 1.165) is 18.4 Å². The topological polar surface area (TPSA) is 29.5 Å². The largest absolute Gasteiger partial charge is 0.466 e. The van der Waals surface area contributed by atoms with E-state index in [1.54, 1.807) is 0 Å². The fourth-order valence-corrected chi connectivity index (χ4v) is 3.29. The second-order valence-corrected chi connectivity index (χ2v) is 6.64. The summed E-state index contributed by atoms with van der Waals surface area (Å²) in [5.41, 5.74) is 0. The molecule has 20 heavy (non-hydrogen) atoms. The zero-order chi connectivity index (χ0) is 15.0. The fraction of sp³-hybridized carbons (Fsp3) is 0.941. The molecule has 0 heterocycles. The van der Waals surface area contributed by atoms with Gasteiger partial charge in [0.25, 0.3) is 0 Å². The molecule has 0 aromatic rings. The van der Waals surface area contributed by atoms with Crippen molar-refractivity contribution < 1.29 is 9.53 Å². The number of ether oxygens (including phenoxy) is 1. The van der Waals surface area contributed by atoms with Crippen LogP contribution >= 0.6 is 0 Å². The van der Waals surface area contributed by atoms with Crippen LogP contribution in [-0.4, -0.2) is 37.1 Å². The fourth-order valence-electron chi connectivity index (χ4n) is 3.29. The van der Waals surface area contributed by atoms with Gasteiger partial charge in [-0.3, -0.25) is 4.79 Å². The van der Waals surface area contributed by atoms with E-state index in [2.05, 4.69) is 25.7 Å². The third-order valence-corrected chi connectivity index (χ3v) is 4.31. The van der Waals surface area contributed by atoms with Crippen molar-refractivity contribution in [1.82, 2.24) is 4.90 Å². The number of carbonyl (C=O) groups is 1. The predicted molar refractivity (Wildman–Crippen MR) is 83.7 cm³/mol. The molecule has 0 aliphatic heterocycles. The van der Waals surface area contributed by atoms with Crippen LogP contribution < -0.4 is 0 Å². The molecule has 0 spiro atoms. The first kappa shape index (κ1) is 17.5. The molecule has 1 rings (SSSR count). The van der Waals surface area contributed by atoms with Crippen LogP contribution in [-0.2, 0) is 9.53 Å². The van der Waals surface area contributed by atoms with Crippen molar-refractivity contribution in [3.63, 3.8) is 0 Å². The van der Waals surface area contributed by atoms with Gasteiger partial charge in [-0.25, -0.2) is 0 Å². The van der Waals surface area contributed by atoms with Crippen LogP contribution in [0.1, 0.15) is 59.8 Å². The van der Waals surface area contributed by atoms with E-state index in [1.165, 1.54) is 38.8 Å². The van der Waals surface area contributed by atoms with E-state index >= 15 is 0 Å². The Morgan fingerprint density at radius 3 is 2.25 bits per heavy atom. The minimum atomic E-state index is -0.00839. The van der Waals surface area contributed by atoms with Gasteiger partial charge in [-0.1, -0.05) is 20.8 Å². The van der Waals surface area contributed by atoms with Crippen molar-refractivity contribution in [2.24, 2.45) is 17.8 Å². The monoisotopic (exact) mass is 283 g/mol. The van der Waals surface area contributed by atoms with Crippen LogP contribution in [0.5, 0.6) is 0 Å². The molecular formula is C17H33NO2. The van der Waals surface area contributed by atoms with Crippen molar-refractivity contribution in [1.29, 1.82) is 0 Å². The van der Waals surface area contributed by atoms with Crippen LogP contribution in [0, 0.1) is 17.8 Å². The molecule has 0 aromatic heterocycles. The third-order valence-electron chi connectivity index (χ3n) is 4.31. The Hall–Kier alpha value is -0.570. The maximum absolute atomic E-state index is 11.5. The molecule has 0 atom stereocenters. The Kier molecular flexibility index (Phi) is 8.20. The van der Waals surface area contributed by atoms with Gasteiger partial charge in [0, 0.05) is 19.5 Å². The lowest BCUT2D eigenvalue weighted by molar-refractivity contribution is -0.144. The molecule has 118 valence electrons. The molecular weight excluding hydrogens is 250 g/mol. The zero-order valence-corrected chi connectivity index (χ0v) is 13.9. The highest BCUT2D eigenvalue weighted by Crippen LogP contribution is 2.31. The van der Waals surface area contributed by atoms with Gasteiger partial charge in [0.05, 0.1) is 6.61 Å². The van der Waals surface area contributed by atoms with E-state index in [9.17, 15) is 4.79 Å². The Morgan fingerprint density at radius 2 is 1.75 bits per heavy atom. The lowest BCUT2D eigenvalue weighted by Gasteiger charge is -2.32. The first-order valence-corrected chi connectivity index (χ1v) is 8.43. The summed E-state index contributed by atoms with van der Waals surface area (Å²) in [6.45, 7) is 12.8. The summed E-state index contributed by atoms with van der Waals surface area (Å²) in [6.07, 6.45) is 5.58. The minimum Gasteiger partial charge on any atom is -0.466 e. The van der Waals surface area contributed by atoms with Gasteiger partial charge in [0.15, 0.2) is 0 Å². The van der Waals surface area contributed by atoms with Crippen LogP contribution in [0.25, 0.3) is 0 Å². The highest BCUT2D eigenvalue weighted by atomic mass is 16.5. The maximum Gasteiger partial charge on any atom is 0.306 e. The summed E-state index contributed by atoms with van der Waals surface area (Å²) in [5.74, 6) is 2.12. The van der Waals surface area contributed by atoms with Gasteiger partial charge >= 0.3 is 5.97 Å². The average Bonchev–Trinajstić information content (AvgIpc) is 2.40. The van der Waals surface area contributed by atoms with Crippen molar-refractivity contribution in [2.75, 3.05) is 26.2 Å². The molecule has 1 fully saturated rings. The second-order valence-electron chi connectivity index (χ2n) is 6.64. The van der Waals surface area contributed by atoms with E-state index in [0.29, 0.717) is 18.9 Å². The van der Waals surface area contributed by atoms with Crippen LogP contribution in [0.3, 0.4) is 0 Å². The van der Waals surface area contributed by atoms with Crippen molar-refractivity contribution in [3.05, 3.63) is 0 Å². The number of carbonyl (C=O) groups excluding carboxylic acids is 1. The van der Waals surface area contributed by atoms with Crippen LogP contribution in [0.4, 0.5) is 0 Å². The smallest absolute Gasteiger partial charge is 0.306 e. The van der Waals surface area contributed by atoms with Gasteiger partial charge in [-0.15, -0.1) is 0 Å². The Labute approximate surface area is 125 Å². The quantitative estimate of drug-likeness (QED) is 0.636. The molecule has 3 heteroatoms. The second kappa shape index (κ2) is 9.38. The first-order chi connectivity index (χ1) is 9.55. The Bertz CT molecular complexity index is 270. The van der Waals surface area contributed by atoms with Crippen molar-refractivity contribution in [2.45, 2.75) is 59.8 Å². The van der Waals surface area contributed by atoms with Gasteiger partial charge < -0.3 is 9.64 Å². The first-order valence-electron chi connectivity index (χ1n) is 8.43. The molecule has 1 aliphatic carbocycles. The molecule has 0 aromatic carbocycles.